The van der Waals surface area contributed by atoms with Crippen LogP contribution in [-0.2, 0) is 4.79 Å². The number of hydrogen-bond acceptors (Lipinski definition) is 3. The highest BCUT2D eigenvalue weighted by molar-refractivity contribution is 6.26. The maximum atomic E-state index is 11.3. The summed E-state index contributed by atoms with van der Waals surface area (Å²) >= 11 is 0. The van der Waals surface area contributed by atoms with E-state index >= 15 is 0 Å². The molecule has 1 unspecified atom stereocenters. The van der Waals surface area contributed by atoms with Crippen LogP contribution in [-0.4, -0.2) is 68.5 Å². The Bertz CT molecular complexity index is 255. The number of rotatable bonds is 6. The van der Waals surface area contributed by atoms with Crippen molar-refractivity contribution in [3.8, 4) is 0 Å². The van der Waals surface area contributed by atoms with Crippen molar-refractivity contribution >= 4 is 13.8 Å². The van der Waals surface area contributed by atoms with Gasteiger partial charge in [-0.2, -0.15) is 0 Å². The molecule has 0 aliphatic carbocycles. The molecule has 1 aliphatic rings. The Kier molecular flexibility index (Phi) is 5.47. The fourth-order valence-corrected chi connectivity index (χ4v) is 2.15. The molecule has 1 aliphatic heterocycles. The van der Waals surface area contributed by atoms with E-state index in [1.807, 2.05) is 0 Å². The number of likely N-dealkylation sites (N-methyl/N-ethyl adjacent to an activating group) is 1. The van der Waals surface area contributed by atoms with E-state index in [0.717, 1.165) is 39.0 Å². The van der Waals surface area contributed by atoms with Gasteiger partial charge in [0, 0.05) is 38.0 Å². The Balaban J connectivity index is 2.51. The largest absolute Gasteiger partial charge is 0.481 e. The molecule has 1 heterocycles. The zero-order chi connectivity index (χ0) is 12.9. The Morgan fingerprint density at radius 3 is 2.41 bits per heavy atom. The second kappa shape index (κ2) is 6.40. The molecule has 0 amide bonds. The molecule has 0 aromatic heterocycles. The molecule has 1 N–H and O–H groups in total. The van der Waals surface area contributed by atoms with E-state index in [1.165, 1.54) is 0 Å². The number of hydrogen-bond donors (Lipinski definition) is 1. The smallest absolute Gasteiger partial charge is 0.301 e. The number of nitrogens with zero attached hydrogens (tertiary/aromatic N) is 2. The Morgan fingerprint density at radius 1 is 1.35 bits per heavy atom. The molecule has 5 heteroatoms. The van der Waals surface area contributed by atoms with Crippen molar-refractivity contribution in [2.45, 2.75) is 31.5 Å². The van der Waals surface area contributed by atoms with E-state index in [1.54, 1.807) is 0 Å². The van der Waals surface area contributed by atoms with Crippen molar-refractivity contribution in [1.29, 1.82) is 0 Å². The molecule has 96 valence electrons. The minimum Gasteiger partial charge on any atom is -0.481 e. The highest BCUT2D eigenvalue weighted by Gasteiger charge is 2.34. The van der Waals surface area contributed by atoms with Gasteiger partial charge in [0.15, 0.2) is 0 Å². The highest BCUT2D eigenvalue weighted by Crippen LogP contribution is 2.30. The average Bonchev–Trinajstić information content (AvgIpc) is 2.29. The van der Waals surface area contributed by atoms with Crippen LogP contribution in [0.15, 0.2) is 0 Å². The predicted molar refractivity (Wildman–Crippen MR) is 69.5 cm³/mol. The average molecular weight is 238 g/mol. The van der Waals surface area contributed by atoms with Gasteiger partial charge < -0.3 is 14.9 Å². The molecule has 4 nitrogen and oxygen atoms in total. The second-order valence-electron chi connectivity index (χ2n) is 5.14. The second-order valence-corrected chi connectivity index (χ2v) is 5.14. The molecule has 0 spiro atoms. The predicted octanol–water partition coefficient (Wildman–Crippen LogP) is 0.836. The lowest BCUT2D eigenvalue weighted by Gasteiger charge is -2.37. The molecule has 0 aromatic rings. The first-order chi connectivity index (χ1) is 7.98. The highest BCUT2D eigenvalue weighted by atomic mass is 16.4. The minimum atomic E-state index is -1.08. The van der Waals surface area contributed by atoms with Gasteiger partial charge in [-0.15, -0.1) is 0 Å². The summed E-state index contributed by atoms with van der Waals surface area (Å²) < 4.78 is 0. The topological polar surface area (TPSA) is 43.8 Å². The molecule has 1 atom stereocenters. The molecular weight excluding hydrogens is 215 g/mol. The van der Waals surface area contributed by atoms with Gasteiger partial charge in [0.1, 0.15) is 0 Å². The number of carboxylic acid groups (broad SMARTS) is 1. The maximum absolute atomic E-state index is 11.3. The molecule has 1 fully saturated rings. The molecule has 17 heavy (non-hydrogen) atoms. The monoisotopic (exact) mass is 238 g/mol. The normalized spacial score (nSPS) is 22.2. The molecule has 0 saturated carbocycles. The Labute approximate surface area is 105 Å². The first-order valence-electron chi connectivity index (χ1n) is 6.41. The molecule has 0 aromatic carbocycles. The van der Waals surface area contributed by atoms with Gasteiger partial charge in [-0.1, -0.05) is 19.8 Å². The van der Waals surface area contributed by atoms with Crippen molar-refractivity contribution in [2.24, 2.45) is 0 Å². The van der Waals surface area contributed by atoms with E-state index in [9.17, 15) is 9.90 Å². The van der Waals surface area contributed by atoms with Crippen LogP contribution in [0, 0.1) is 0 Å². The van der Waals surface area contributed by atoms with Crippen LogP contribution in [0.5, 0.6) is 0 Å². The minimum absolute atomic E-state index is 0.468. The lowest BCUT2D eigenvalue weighted by atomic mass is 9.65. The summed E-state index contributed by atoms with van der Waals surface area (Å²) in [6, 6.07) is 0. The van der Waals surface area contributed by atoms with Crippen molar-refractivity contribution < 1.29 is 9.90 Å². The summed E-state index contributed by atoms with van der Waals surface area (Å²) in [5, 5.41) is 8.20. The Hall–Kier alpha value is -0.545. The number of carboxylic acids is 1. The van der Waals surface area contributed by atoms with Crippen molar-refractivity contribution in [3.63, 3.8) is 0 Å². The third kappa shape index (κ3) is 4.32. The van der Waals surface area contributed by atoms with Crippen molar-refractivity contribution in [3.05, 3.63) is 0 Å². The summed E-state index contributed by atoms with van der Waals surface area (Å²) in [5.41, 5.74) is 0. The van der Waals surface area contributed by atoms with Crippen LogP contribution < -0.4 is 0 Å². The molecule has 1 rings (SSSR count). The van der Waals surface area contributed by atoms with E-state index in [-0.39, 0.29) is 0 Å². The quantitative estimate of drug-likeness (QED) is 0.696. The fourth-order valence-electron chi connectivity index (χ4n) is 2.15. The fraction of sp³-hybridized carbons (Fsp3) is 0.917. The van der Waals surface area contributed by atoms with Crippen LogP contribution in [0.25, 0.3) is 0 Å². The van der Waals surface area contributed by atoms with Gasteiger partial charge in [-0.25, -0.2) is 0 Å². The first kappa shape index (κ1) is 14.5. The van der Waals surface area contributed by atoms with Gasteiger partial charge in [0.05, 0.1) is 7.85 Å². The molecule has 0 bridgehead atoms. The first-order valence-corrected chi connectivity index (χ1v) is 6.41. The summed E-state index contributed by atoms with van der Waals surface area (Å²) in [7, 11) is 8.12. The summed E-state index contributed by atoms with van der Waals surface area (Å²) in [4.78, 5) is 15.7. The van der Waals surface area contributed by atoms with E-state index in [0.29, 0.717) is 13.0 Å². The van der Waals surface area contributed by atoms with Crippen LogP contribution in [0.2, 0.25) is 5.31 Å². The lowest BCUT2D eigenvalue weighted by molar-refractivity contribution is -0.141. The maximum Gasteiger partial charge on any atom is 0.301 e. The third-order valence-electron chi connectivity index (χ3n) is 3.50. The third-order valence-corrected chi connectivity index (χ3v) is 3.50. The number of carbonyl (C=O) groups is 1. The molecule has 2 radical (unpaired) electrons. The van der Waals surface area contributed by atoms with E-state index in [4.69, 9.17) is 7.85 Å². The Morgan fingerprint density at radius 2 is 1.94 bits per heavy atom. The van der Waals surface area contributed by atoms with Crippen molar-refractivity contribution in [1.82, 2.24) is 9.80 Å². The summed E-state index contributed by atoms with van der Waals surface area (Å²) in [6.07, 6.45) is 2.41. The zero-order valence-electron chi connectivity index (χ0n) is 11.0. The van der Waals surface area contributed by atoms with Crippen LogP contribution in [0.3, 0.4) is 0 Å². The van der Waals surface area contributed by atoms with Crippen LogP contribution in [0.1, 0.15) is 26.2 Å². The number of piperazine rings is 1. The van der Waals surface area contributed by atoms with Gasteiger partial charge in [-0.05, 0) is 13.5 Å². The summed E-state index contributed by atoms with van der Waals surface area (Å²) in [5.74, 6) is -0.870. The standard InChI is InChI=1S/C12H23BN2O2/c1-3-4-5-12(13,11(16)17)10-15-8-6-14(2)7-9-15/h3-10H2,1-2H3,(H,16,17). The number of aliphatic carboxylic acids is 1. The van der Waals surface area contributed by atoms with E-state index < -0.39 is 11.3 Å². The van der Waals surface area contributed by atoms with Gasteiger partial charge in [0.2, 0.25) is 0 Å². The molecular formula is C12H23BN2O2. The van der Waals surface area contributed by atoms with E-state index in [2.05, 4.69) is 23.8 Å². The van der Waals surface area contributed by atoms with Gasteiger partial charge in [-0.3, -0.25) is 4.79 Å². The van der Waals surface area contributed by atoms with Crippen molar-refractivity contribution in [2.75, 3.05) is 39.8 Å². The van der Waals surface area contributed by atoms with Gasteiger partial charge in [0.25, 0.3) is 0 Å². The van der Waals surface area contributed by atoms with Crippen LogP contribution >= 0.6 is 0 Å². The zero-order valence-corrected chi connectivity index (χ0v) is 11.0. The van der Waals surface area contributed by atoms with Gasteiger partial charge >= 0.3 is 5.97 Å². The molecule has 1 saturated heterocycles. The summed E-state index contributed by atoms with van der Waals surface area (Å²) in [6.45, 7) is 6.32. The lowest BCUT2D eigenvalue weighted by Crippen LogP contribution is -2.48. The number of unbranched alkanes of at least 4 members (excludes halogenated alkanes) is 1. The SMILES string of the molecule is [B]C(CCCC)(CN1CCN(C)CC1)C(=O)O. The van der Waals surface area contributed by atoms with Crippen LogP contribution in [0.4, 0.5) is 0 Å².